The summed E-state index contributed by atoms with van der Waals surface area (Å²) in [6.45, 7) is 7.18. The molecule has 2 unspecified atom stereocenters. The van der Waals surface area contributed by atoms with Crippen LogP contribution >= 0.6 is 0 Å². The number of likely N-dealkylation sites (tertiary alicyclic amines) is 2. The van der Waals surface area contributed by atoms with E-state index in [0.29, 0.717) is 30.8 Å². The van der Waals surface area contributed by atoms with E-state index in [4.69, 9.17) is 5.73 Å². The molecule has 2 rings (SSSR count). The molecule has 2 aliphatic heterocycles. The van der Waals surface area contributed by atoms with Crippen molar-refractivity contribution < 1.29 is 4.79 Å². The number of carbonyl (C=O) groups is 1. The molecule has 0 aromatic heterocycles. The van der Waals surface area contributed by atoms with Gasteiger partial charge in [0.25, 0.3) is 0 Å². The lowest BCUT2D eigenvalue weighted by molar-refractivity contribution is -0.130. The molecule has 2 atom stereocenters. The van der Waals surface area contributed by atoms with Gasteiger partial charge in [-0.2, -0.15) is 0 Å². The lowest BCUT2D eigenvalue weighted by Crippen LogP contribution is -2.41. The highest BCUT2D eigenvalue weighted by atomic mass is 16.2. The van der Waals surface area contributed by atoms with Crippen molar-refractivity contribution in [3.63, 3.8) is 0 Å². The number of rotatable bonds is 5. The van der Waals surface area contributed by atoms with E-state index in [0.717, 1.165) is 25.9 Å². The van der Waals surface area contributed by atoms with Crippen LogP contribution in [0.1, 0.15) is 45.4 Å². The van der Waals surface area contributed by atoms with Gasteiger partial charge in [0.2, 0.25) is 5.91 Å². The molecule has 0 aromatic rings. The minimum absolute atomic E-state index is 0.333. The Morgan fingerprint density at radius 3 is 2.68 bits per heavy atom. The molecule has 0 saturated carbocycles. The van der Waals surface area contributed by atoms with E-state index in [1.807, 2.05) is 0 Å². The van der Waals surface area contributed by atoms with Gasteiger partial charge in [0.15, 0.2) is 0 Å². The largest absolute Gasteiger partial charge is 0.341 e. The van der Waals surface area contributed by atoms with Gasteiger partial charge < -0.3 is 10.6 Å². The smallest absolute Gasteiger partial charge is 0.222 e. The fourth-order valence-electron chi connectivity index (χ4n) is 3.20. The molecule has 2 fully saturated rings. The molecule has 4 heteroatoms. The van der Waals surface area contributed by atoms with Gasteiger partial charge in [-0.1, -0.05) is 13.3 Å². The molecule has 19 heavy (non-hydrogen) atoms. The molecular formula is C15H29N3O. The van der Waals surface area contributed by atoms with Gasteiger partial charge in [-0.15, -0.1) is 0 Å². The van der Waals surface area contributed by atoms with Crippen LogP contribution in [0.4, 0.5) is 0 Å². The first-order chi connectivity index (χ1) is 9.20. The molecule has 2 saturated heterocycles. The average molecular weight is 267 g/mol. The van der Waals surface area contributed by atoms with Crippen molar-refractivity contribution in [2.45, 2.75) is 51.5 Å². The lowest BCUT2D eigenvalue weighted by Gasteiger charge is -2.32. The zero-order chi connectivity index (χ0) is 13.7. The third-order valence-electron chi connectivity index (χ3n) is 4.68. The van der Waals surface area contributed by atoms with Crippen LogP contribution in [0.5, 0.6) is 0 Å². The quantitative estimate of drug-likeness (QED) is 0.820. The zero-order valence-electron chi connectivity index (χ0n) is 12.3. The summed E-state index contributed by atoms with van der Waals surface area (Å²) >= 11 is 0. The molecule has 1 amide bonds. The number of nitrogens with two attached hydrogens (primary N) is 1. The Kier molecular flexibility index (Phi) is 5.64. The first kappa shape index (κ1) is 14.8. The lowest BCUT2D eigenvalue weighted by atomic mass is 10.1. The highest BCUT2D eigenvalue weighted by molar-refractivity contribution is 5.76. The number of amides is 1. The van der Waals surface area contributed by atoms with Crippen LogP contribution in [-0.2, 0) is 4.79 Å². The highest BCUT2D eigenvalue weighted by Gasteiger charge is 2.30. The maximum absolute atomic E-state index is 12.2. The van der Waals surface area contributed by atoms with Crippen LogP contribution < -0.4 is 5.73 Å². The SMILES string of the molecule is CC(CN)CCC(=O)N1CCC(N2CCCCC2)C1. The van der Waals surface area contributed by atoms with Crippen LogP contribution in [-0.4, -0.2) is 54.5 Å². The van der Waals surface area contributed by atoms with E-state index in [1.54, 1.807) is 0 Å². The molecule has 0 bridgehead atoms. The van der Waals surface area contributed by atoms with E-state index >= 15 is 0 Å². The van der Waals surface area contributed by atoms with E-state index in [-0.39, 0.29) is 0 Å². The van der Waals surface area contributed by atoms with Gasteiger partial charge in [-0.25, -0.2) is 0 Å². The maximum Gasteiger partial charge on any atom is 0.222 e. The second kappa shape index (κ2) is 7.25. The summed E-state index contributed by atoms with van der Waals surface area (Å²) in [6, 6.07) is 0.621. The molecule has 0 radical (unpaired) electrons. The molecule has 4 nitrogen and oxygen atoms in total. The summed E-state index contributed by atoms with van der Waals surface area (Å²) in [5, 5.41) is 0. The summed E-state index contributed by atoms with van der Waals surface area (Å²) in [4.78, 5) is 16.8. The Bertz CT molecular complexity index is 289. The van der Waals surface area contributed by atoms with Crippen LogP contribution in [0.3, 0.4) is 0 Å². The van der Waals surface area contributed by atoms with Gasteiger partial charge in [0.1, 0.15) is 0 Å². The third-order valence-corrected chi connectivity index (χ3v) is 4.68. The Balaban J connectivity index is 1.72. The van der Waals surface area contributed by atoms with Gasteiger partial charge in [0, 0.05) is 25.6 Å². The van der Waals surface area contributed by atoms with Crippen molar-refractivity contribution in [3.05, 3.63) is 0 Å². The topological polar surface area (TPSA) is 49.6 Å². The van der Waals surface area contributed by atoms with Gasteiger partial charge >= 0.3 is 0 Å². The predicted molar refractivity (Wildman–Crippen MR) is 77.9 cm³/mol. The first-order valence-electron chi connectivity index (χ1n) is 7.92. The molecule has 110 valence electrons. The van der Waals surface area contributed by atoms with E-state index in [2.05, 4.69) is 16.7 Å². The molecule has 0 aromatic carbocycles. The molecule has 0 aliphatic carbocycles. The van der Waals surface area contributed by atoms with Crippen LogP contribution in [0, 0.1) is 5.92 Å². The van der Waals surface area contributed by atoms with Gasteiger partial charge in [-0.3, -0.25) is 9.69 Å². The second-order valence-corrected chi connectivity index (χ2v) is 6.26. The standard InChI is InChI=1S/C15H29N3O/c1-13(11-16)5-6-15(19)18-10-7-14(12-18)17-8-3-2-4-9-17/h13-14H,2-12,16H2,1H3. The van der Waals surface area contributed by atoms with Crippen molar-refractivity contribution >= 4 is 5.91 Å². The Hall–Kier alpha value is -0.610. The number of carbonyl (C=O) groups excluding carboxylic acids is 1. The minimum Gasteiger partial charge on any atom is -0.341 e. The first-order valence-corrected chi connectivity index (χ1v) is 7.92. The van der Waals surface area contributed by atoms with Crippen molar-refractivity contribution in [1.29, 1.82) is 0 Å². The van der Waals surface area contributed by atoms with Gasteiger partial charge in [0.05, 0.1) is 0 Å². The number of hydrogen-bond donors (Lipinski definition) is 1. The van der Waals surface area contributed by atoms with E-state index < -0.39 is 0 Å². The fraction of sp³-hybridized carbons (Fsp3) is 0.933. The summed E-state index contributed by atoms with van der Waals surface area (Å²) < 4.78 is 0. The number of piperidine rings is 1. The Morgan fingerprint density at radius 2 is 2.00 bits per heavy atom. The minimum atomic E-state index is 0.333. The van der Waals surface area contributed by atoms with Crippen molar-refractivity contribution in [1.82, 2.24) is 9.80 Å². The summed E-state index contributed by atoms with van der Waals surface area (Å²) in [5.41, 5.74) is 5.60. The summed E-state index contributed by atoms with van der Waals surface area (Å²) in [6.07, 6.45) is 6.81. The third kappa shape index (κ3) is 4.18. The molecule has 2 N–H and O–H groups in total. The zero-order valence-corrected chi connectivity index (χ0v) is 12.3. The molecular weight excluding hydrogens is 238 g/mol. The van der Waals surface area contributed by atoms with Crippen molar-refractivity contribution in [2.24, 2.45) is 11.7 Å². The maximum atomic E-state index is 12.2. The van der Waals surface area contributed by atoms with Crippen LogP contribution in [0.15, 0.2) is 0 Å². The Morgan fingerprint density at radius 1 is 1.26 bits per heavy atom. The molecule has 0 spiro atoms. The monoisotopic (exact) mass is 267 g/mol. The number of hydrogen-bond acceptors (Lipinski definition) is 3. The molecule has 2 heterocycles. The second-order valence-electron chi connectivity index (χ2n) is 6.26. The Labute approximate surface area is 117 Å². The summed E-state index contributed by atoms with van der Waals surface area (Å²) in [5.74, 6) is 0.796. The molecule has 2 aliphatic rings. The summed E-state index contributed by atoms with van der Waals surface area (Å²) in [7, 11) is 0. The van der Waals surface area contributed by atoms with Crippen molar-refractivity contribution in [3.8, 4) is 0 Å². The normalized spacial score (nSPS) is 26.6. The highest BCUT2D eigenvalue weighted by Crippen LogP contribution is 2.21. The number of nitrogens with zero attached hydrogens (tertiary/aromatic N) is 2. The predicted octanol–water partition coefficient (Wildman–Crippen LogP) is 1.45. The van der Waals surface area contributed by atoms with Crippen LogP contribution in [0.25, 0.3) is 0 Å². The van der Waals surface area contributed by atoms with E-state index in [9.17, 15) is 4.79 Å². The van der Waals surface area contributed by atoms with E-state index in [1.165, 1.54) is 32.4 Å². The average Bonchev–Trinajstić information content (AvgIpc) is 2.95. The van der Waals surface area contributed by atoms with Crippen LogP contribution in [0.2, 0.25) is 0 Å². The van der Waals surface area contributed by atoms with Gasteiger partial charge in [-0.05, 0) is 51.2 Å². The van der Waals surface area contributed by atoms with Crippen molar-refractivity contribution in [2.75, 3.05) is 32.7 Å². The fourth-order valence-corrected chi connectivity index (χ4v) is 3.20.